The fourth-order valence-corrected chi connectivity index (χ4v) is 2.67. The highest BCUT2D eigenvalue weighted by Crippen LogP contribution is 2.38. The molecule has 0 fully saturated rings. The Morgan fingerprint density at radius 1 is 1.15 bits per heavy atom. The molecule has 2 amide bonds. The van der Waals surface area contributed by atoms with E-state index in [2.05, 4.69) is 25.8 Å². The number of ether oxygens (including phenoxy) is 3. The van der Waals surface area contributed by atoms with Gasteiger partial charge in [-0.1, -0.05) is 18.7 Å². The highest BCUT2D eigenvalue weighted by Gasteiger charge is 2.17. The quantitative estimate of drug-likeness (QED) is 0.542. The van der Waals surface area contributed by atoms with Gasteiger partial charge >= 0.3 is 0 Å². The van der Waals surface area contributed by atoms with Gasteiger partial charge in [-0.15, -0.1) is 5.10 Å². The topological polar surface area (TPSA) is 127 Å². The van der Waals surface area contributed by atoms with Crippen LogP contribution in [-0.4, -0.2) is 60.6 Å². The summed E-state index contributed by atoms with van der Waals surface area (Å²) in [5, 5.41) is 12.1. The number of anilines is 1. The molecule has 1 aromatic carbocycles. The fourth-order valence-electron chi connectivity index (χ4n) is 2.15. The molecule has 0 aliphatic rings. The monoisotopic (exact) mass is 395 g/mol. The molecule has 0 saturated carbocycles. The van der Waals surface area contributed by atoms with Crippen LogP contribution in [0, 0.1) is 0 Å². The van der Waals surface area contributed by atoms with Crippen LogP contribution in [-0.2, 0) is 4.79 Å². The van der Waals surface area contributed by atoms with Gasteiger partial charge in [-0.05, 0) is 17.9 Å². The van der Waals surface area contributed by atoms with Crippen LogP contribution in [0.4, 0.5) is 5.95 Å². The average molecular weight is 395 g/mol. The maximum Gasteiger partial charge on any atom is 0.251 e. The molecule has 0 saturated heterocycles. The first-order valence-corrected chi connectivity index (χ1v) is 8.94. The normalized spacial score (nSPS) is 10.2. The standard InChI is InChI=1S/C16H21N5O5S/c1-5-27-16-19-15(20-21-16)18-12(22)8-17-14(23)9-6-10(24-2)13(26-4)11(7-9)25-3/h6-7H,5,8H2,1-4H3,(H,17,23)(H2,18,19,20,21,22). The fraction of sp³-hybridized carbons (Fsp3) is 0.375. The number of aromatic amines is 1. The number of carbonyl (C=O) groups excluding carboxylic acids is 2. The Balaban J connectivity index is 1.99. The molecule has 0 unspecified atom stereocenters. The largest absolute Gasteiger partial charge is 0.493 e. The maximum absolute atomic E-state index is 12.3. The van der Waals surface area contributed by atoms with E-state index in [4.69, 9.17) is 14.2 Å². The molecule has 11 heteroatoms. The summed E-state index contributed by atoms with van der Waals surface area (Å²) in [4.78, 5) is 28.4. The van der Waals surface area contributed by atoms with Crippen molar-refractivity contribution >= 4 is 29.5 Å². The number of nitrogens with one attached hydrogen (secondary N) is 3. The Hall–Kier alpha value is -2.95. The average Bonchev–Trinajstić information content (AvgIpc) is 3.11. The Labute approximate surface area is 160 Å². The number of rotatable bonds is 9. The van der Waals surface area contributed by atoms with Gasteiger partial charge in [-0.2, -0.15) is 4.98 Å². The van der Waals surface area contributed by atoms with Crippen LogP contribution in [0.3, 0.4) is 0 Å². The summed E-state index contributed by atoms with van der Waals surface area (Å²) in [6.45, 7) is 1.73. The SMILES string of the molecule is CCSc1n[nH]c(NC(=O)CNC(=O)c2cc(OC)c(OC)c(OC)c2)n1. The van der Waals surface area contributed by atoms with Crippen molar-refractivity contribution in [2.75, 3.05) is 38.9 Å². The lowest BCUT2D eigenvalue weighted by Gasteiger charge is -2.14. The van der Waals surface area contributed by atoms with Crippen molar-refractivity contribution in [2.24, 2.45) is 0 Å². The predicted octanol–water partition coefficient (Wildman–Crippen LogP) is 1.31. The molecule has 0 radical (unpaired) electrons. The summed E-state index contributed by atoms with van der Waals surface area (Å²) in [6.07, 6.45) is 0. The Bertz CT molecular complexity index is 785. The third-order valence-corrected chi connectivity index (χ3v) is 4.06. The molecule has 1 aromatic heterocycles. The predicted molar refractivity (Wildman–Crippen MR) is 99.8 cm³/mol. The lowest BCUT2D eigenvalue weighted by Crippen LogP contribution is -2.33. The minimum atomic E-state index is -0.468. The van der Waals surface area contributed by atoms with Crippen LogP contribution in [0.25, 0.3) is 0 Å². The molecule has 3 N–H and O–H groups in total. The second-order valence-corrected chi connectivity index (χ2v) is 6.28. The number of H-pyrrole nitrogens is 1. The second-order valence-electron chi connectivity index (χ2n) is 5.04. The van der Waals surface area contributed by atoms with E-state index < -0.39 is 11.8 Å². The molecule has 10 nitrogen and oxygen atoms in total. The molecule has 1 heterocycles. The van der Waals surface area contributed by atoms with Crippen molar-refractivity contribution in [3.05, 3.63) is 17.7 Å². The minimum Gasteiger partial charge on any atom is -0.493 e. The number of nitrogens with zero attached hydrogens (tertiary/aromatic N) is 2. The molecule has 2 aromatic rings. The van der Waals surface area contributed by atoms with Crippen LogP contribution in [0.5, 0.6) is 17.2 Å². The molecule has 0 aliphatic carbocycles. The van der Waals surface area contributed by atoms with Gasteiger partial charge in [0.1, 0.15) is 0 Å². The first kappa shape index (κ1) is 20.4. The van der Waals surface area contributed by atoms with Crippen molar-refractivity contribution in [3.8, 4) is 17.2 Å². The third-order valence-electron chi connectivity index (χ3n) is 3.33. The van der Waals surface area contributed by atoms with Crippen molar-refractivity contribution in [1.82, 2.24) is 20.5 Å². The summed E-state index contributed by atoms with van der Waals surface area (Å²) in [6, 6.07) is 3.00. The van der Waals surface area contributed by atoms with E-state index in [9.17, 15) is 9.59 Å². The number of thioether (sulfide) groups is 1. The van der Waals surface area contributed by atoms with E-state index in [-0.39, 0.29) is 18.1 Å². The molecule has 0 aliphatic heterocycles. The number of methoxy groups -OCH3 is 3. The summed E-state index contributed by atoms with van der Waals surface area (Å²) >= 11 is 1.44. The van der Waals surface area contributed by atoms with Gasteiger partial charge < -0.3 is 19.5 Å². The third kappa shape index (κ3) is 5.26. The first-order chi connectivity index (χ1) is 13.0. The van der Waals surface area contributed by atoms with E-state index in [1.165, 1.54) is 45.2 Å². The smallest absolute Gasteiger partial charge is 0.251 e. The van der Waals surface area contributed by atoms with Crippen LogP contribution >= 0.6 is 11.8 Å². The number of aromatic nitrogens is 3. The lowest BCUT2D eigenvalue weighted by molar-refractivity contribution is -0.115. The van der Waals surface area contributed by atoms with Gasteiger partial charge in [0.2, 0.25) is 22.8 Å². The highest BCUT2D eigenvalue weighted by molar-refractivity contribution is 7.99. The molecule has 0 atom stereocenters. The van der Waals surface area contributed by atoms with Gasteiger partial charge in [0.05, 0.1) is 27.9 Å². The number of hydrogen-bond donors (Lipinski definition) is 3. The number of hydrogen-bond acceptors (Lipinski definition) is 8. The molecular weight excluding hydrogens is 374 g/mol. The highest BCUT2D eigenvalue weighted by atomic mass is 32.2. The zero-order valence-corrected chi connectivity index (χ0v) is 16.2. The van der Waals surface area contributed by atoms with E-state index in [1.807, 2.05) is 6.92 Å². The van der Waals surface area contributed by atoms with E-state index >= 15 is 0 Å². The van der Waals surface area contributed by atoms with E-state index in [0.29, 0.717) is 22.4 Å². The summed E-state index contributed by atoms with van der Waals surface area (Å²) in [5.41, 5.74) is 0.263. The zero-order valence-electron chi connectivity index (χ0n) is 15.4. The lowest BCUT2D eigenvalue weighted by atomic mass is 10.1. The van der Waals surface area contributed by atoms with Gasteiger partial charge in [0, 0.05) is 5.56 Å². The summed E-state index contributed by atoms with van der Waals surface area (Å²) in [7, 11) is 4.38. The Morgan fingerprint density at radius 3 is 2.37 bits per heavy atom. The van der Waals surface area contributed by atoms with Crippen LogP contribution < -0.4 is 24.8 Å². The molecular formula is C16H21N5O5S. The number of amides is 2. The Kier molecular flexibility index (Phi) is 7.29. The maximum atomic E-state index is 12.3. The summed E-state index contributed by atoms with van der Waals surface area (Å²) < 4.78 is 15.6. The summed E-state index contributed by atoms with van der Waals surface area (Å²) in [5.74, 6) is 1.18. The first-order valence-electron chi connectivity index (χ1n) is 7.95. The number of benzene rings is 1. The molecule has 27 heavy (non-hydrogen) atoms. The van der Waals surface area contributed by atoms with Crippen molar-refractivity contribution in [3.63, 3.8) is 0 Å². The molecule has 0 bridgehead atoms. The number of carbonyl (C=O) groups is 2. The minimum absolute atomic E-state index is 0.220. The van der Waals surface area contributed by atoms with Crippen molar-refractivity contribution in [1.29, 1.82) is 0 Å². The van der Waals surface area contributed by atoms with E-state index in [0.717, 1.165) is 5.75 Å². The molecule has 146 valence electrons. The van der Waals surface area contributed by atoms with E-state index in [1.54, 1.807) is 0 Å². The van der Waals surface area contributed by atoms with Gasteiger partial charge in [-0.25, -0.2) is 5.10 Å². The van der Waals surface area contributed by atoms with Crippen molar-refractivity contribution < 1.29 is 23.8 Å². The molecule has 2 rings (SSSR count). The molecule has 0 spiro atoms. The van der Waals surface area contributed by atoms with Gasteiger partial charge in [-0.3, -0.25) is 14.9 Å². The van der Waals surface area contributed by atoms with Crippen molar-refractivity contribution in [2.45, 2.75) is 12.1 Å². The van der Waals surface area contributed by atoms with Crippen LogP contribution in [0.1, 0.15) is 17.3 Å². The second kappa shape index (κ2) is 9.67. The zero-order chi connectivity index (χ0) is 19.8. The Morgan fingerprint density at radius 2 is 1.81 bits per heavy atom. The van der Waals surface area contributed by atoms with Gasteiger partial charge in [0.15, 0.2) is 11.5 Å². The van der Waals surface area contributed by atoms with Gasteiger partial charge in [0.25, 0.3) is 5.91 Å². The van der Waals surface area contributed by atoms with Crippen LogP contribution in [0.2, 0.25) is 0 Å². The van der Waals surface area contributed by atoms with Crippen LogP contribution in [0.15, 0.2) is 17.3 Å².